The van der Waals surface area contributed by atoms with E-state index in [9.17, 15) is 10.1 Å². The van der Waals surface area contributed by atoms with E-state index < -0.39 is 4.92 Å². The van der Waals surface area contributed by atoms with Crippen LogP contribution in [-0.4, -0.2) is 20.9 Å². The molecule has 1 heterocycles. The molecule has 1 aromatic carbocycles. The third-order valence-electron chi connectivity index (χ3n) is 3.40. The van der Waals surface area contributed by atoms with E-state index in [-0.39, 0.29) is 29.3 Å². The van der Waals surface area contributed by atoms with Gasteiger partial charge in [-0.15, -0.1) is 0 Å². The Balaban J connectivity index is 2.41. The number of nitrogens with two attached hydrogens (primary N) is 1. The Kier molecular flexibility index (Phi) is 4.95. The molecule has 4 N–H and O–H groups in total. The number of aromatic nitrogens is 2. The van der Waals surface area contributed by atoms with Gasteiger partial charge in [0.1, 0.15) is 0 Å². The zero-order valence-electron chi connectivity index (χ0n) is 13.3. The second kappa shape index (κ2) is 6.91. The fourth-order valence-electron chi connectivity index (χ4n) is 1.90. The van der Waals surface area contributed by atoms with Gasteiger partial charge in [0.15, 0.2) is 0 Å². The monoisotopic (exact) mass is 316 g/mol. The van der Waals surface area contributed by atoms with Crippen LogP contribution in [0.15, 0.2) is 24.3 Å². The number of hydrogen-bond donors (Lipinski definition) is 3. The van der Waals surface area contributed by atoms with Gasteiger partial charge >= 0.3 is 5.69 Å². The van der Waals surface area contributed by atoms with Gasteiger partial charge in [-0.05, 0) is 32.4 Å². The fourth-order valence-corrected chi connectivity index (χ4v) is 1.90. The summed E-state index contributed by atoms with van der Waals surface area (Å²) in [7, 11) is 0. The molecule has 23 heavy (non-hydrogen) atoms. The second-order valence-electron chi connectivity index (χ2n) is 5.33. The number of hydrogen-bond acceptors (Lipinski definition) is 7. The van der Waals surface area contributed by atoms with Gasteiger partial charge in [-0.2, -0.15) is 9.97 Å². The summed E-state index contributed by atoms with van der Waals surface area (Å²) in [5.74, 6) is 0.152. The maximum absolute atomic E-state index is 11.3. The minimum Gasteiger partial charge on any atom is -0.378 e. The summed E-state index contributed by atoms with van der Waals surface area (Å²) < 4.78 is 0. The van der Waals surface area contributed by atoms with Crippen LogP contribution in [0.3, 0.4) is 0 Å². The van der Waals surface area contributed by atoms with E-state index in [2.05, 4.69) is 20.6 Å². The first-order chi connectivity index (χ1) is 10.9. The maximum atomic E-state index is 11.3. The largest absolute Gasteiger partial charge is 0.378 e. The summed E-state index contributed by atoms with van der Waals surface area (Å²) in [5.41, 5.74) is 7.19. The van der Waals surface area contributed by atoms with Crippen molar-refractivity contribution < 1.29 is 4.92 Å². The van der Waals surface area contributed by atoms with Crippen molar-refractivity contribution in [3.63, 3.8) is 0 Å². The van der Waals surface area contributed by atoms with Crippen LogP contribution in [0.25, 0.3) is 0 Å². The first-order valence-electron chi connectivity index (χ1n) is 7.32. The summed E-state index contributed by atoms with van der Waals surface area (Å²) in [6, 6.07) is 7.56. The predicted molar refractivity (Wildman–Crippen MR) is 90.9 cm³/mol. The van der Waals surface area contributed by atoms with Crippen molar-refractivity contribution in [1.29, 1.82) is 0 Å². The molecule has 0 amide bonds. The molecular formula is C15H20N6O2. The smallest absolute Gasteiger partial charge is 0.353 e. The highest BCUT2D eigenvalue weighted by atomic mass is 16.6. The Labute approximate surface area is 134 Å². The van der Waals surface area contributed by atoms with Gasteiger partial charge in [-0.3, -0.25) is 10.1 Å². The SMILES string of the molecule is CC[C@H](C)Nc1nc(N)c([N+](=O)[O-])c(Nc2ccc(C)cc2)n1. The minimum atomic E-state index is -0.584. The summed E-state index contributed by atoms with van der Waals surface area (Å²) in [4.78, 5) is 18.9. The highest BCUT2D eigenvalue weighted by molar-refractivity contribution is 5.74. The van der Waals surface area contributed by atoms with Gasteiger partial charge in [-0.1, -0.05) is 24.6 Å². The molecule has 0 fully saturated rings. The van der Waals surface area contributed by atoms with Crippen molar-refractivity contribution in [3.05, 3.63) is 39.9 Å². The molecule has 0 aliphatic carbocycles. The molecule has 0 radical (unpaired) electrons. The van der Waals surface area contributed by atoms with Gasteiger partial charge in [0, 0.05) is 11.7 Å². The van der Waals surface area contributed by atoms with E-state index in [4.69, 9.17) is 5.73 Å². The second-order valence-corrected chi connectivity index (χ2v) is 5.33. The average molecular weight is 316 g/mol. The first kappa shape index (κ1) is 16.5. The van der Waals surface area contributed by atoms with E-state index in [0.717, 1.165) is 12.0 Å². The Morgan fingerprint density at radius 3 is 2.52 bits per heavy atom. The van der Waals surface area contributed by atoms with E-state index in [0.29, 0.717) is 5.69 Å². The first-order valence-corrected chi connectivity index (χ1v) is 7.32. The minimum absolute atomic E-state index is 0.0668. The van der Waals surface area contributed by atoms with Crippen LogP contribution in [-0.2, 0) is 0 Å². The molecule has 1 aromatic heterocycles. The lowest BCUT2D eigenvalue weighted by Gasteiger charge is -2.14. The van der Waals surface area contributed by atoms with Crippen molar-refractivity contribution in [2.45, 2.75) is 33.2 Å². The van der Waals surface area contributed by atoms with Crippen LogP contribution in [0.5, 0.6) is 0 Å². The van der Waals surface area contributed by atoms with Gasteiger partial charge < -0.3 is 16.4 Å². The molecule has 2 rings (SSSR count). The molecule has 0 bridgehead atoms. The van der Waals surface area contributed by atoms with E-state index in [1.54, 1.807) is 0 Å². The Morgan fingerprint density at radius 2 is 1.96 bits per heavy atom. The van der Waals surface area contributed by atoms with Crippen molar-refractivity contribution in [1.82, 2.24) is 9.97 Å². The number of aryl methyl sites for hydroxylation is 1. The summed E-state index contributed by atoms with van der Waals surface area (Å²) >= 11 is 0. The van der Waals surface area contributed by atoms with E-state index in [1.807, 2.05) is 45.0 Å². The van der Waals surface area contributed by atoms with Crippen LogP contribution in [0.2, 0.25) is 0 Å². The molecule has 1 atom stereocenters. The fraction of sp³-hybridized carbons (Fsp3) is 0.333. The normalized spacial score (nSPS) is 11.8. The van der Waals surface area contributed by atoms with Gasteiger partial charge in [0.2, 0.25) is 17.6 Å². The number of nitrogens with one attached hydrogen (secondary N) is 2. The standard InChI is InChI=1S/C15H20N6O2/c1-4-10(3)17-15-19-13(16)12(21(22)23)14(20-15)18-11-7-5-9(2)6-8-11/h5-8,10H,4H2,1-3H3,(H4,16,17,18,19,20)/t10-/m0/s1. The molecular weight excluding hydrogens is 296 g/mol. The number of nitrogens with zero attached hydrogens (tertiary/aromatic N) is 3. The lowest BCUT2D eigenvalue weighted by atomic mass is 10.2. The molecule has 0 spiro atoms. The van der Waals surface area contributed by atoms with Crippen LogP contribution >= 0.6 is 0 Å². The van der Waals surface area contributed by atoms with Gasteiger partial charge in [0.25, 0.3) is 0 Å². The van der Waals surface area contributed by atoms with Crippen LogP contribution in [0.1, 0.15) is 25.8 Å². The van der Waals surface area contributed by atoms with Crippen LogP contribution in [0, 0.1) is 17.0 Å². The van der Waals surface area contributed by atoms with Gasteiger partial charge in [0.05, 0.1) is 4.92 Å². The summed E-state index contributed by atoms with van der Waals surface area (Å²) in [6.07, 6.45) is 0.862. The predicted octanol–water partition coefficient (Wildman–Crippen LogP) is 3.23. The zero-order valence-corrected chi connectivity index (χ0v) is 13.3. The molecule has 0 unspecified atom stereocenters. The third kappa shape index (κ3) is 4.06. The number of rotatable bonds is 6. The third-order valence-corrected chi connectivity index (χ3v) is 3.40. The number of nitro groups is 1. The molecule has 0 saturated carbocycles. The molecule has 8 nitrogen and oxygen atoms in total. The summed E-state index contributed by atoms with van der Waals surface area (Å²) in [6.45, 7) is 5.94. The highest BCUT2D eigenvalue weighted by Gasteiger charge is 2.23. The lowest BCUT2D eigenvalue weighted by Crippen LogP contribution is -2.17. The van der Waals surface area contributed by atoms with Crippen LogP contribution in [0.4, 0.5) is 29.0 Å². The number of nitrogen functional groups attached to an aromatic ring is 1. The van der Waals surface area contributed by atoms with Crippen molar-refractivity contribution in [2.75, 3.05) is 16.4 Å². The summed E-state index contributed by atoms with van der Waals surface area (Å²) in [5, 5.41) is 17.3. The maximum Gasteiger partial charge on any atom is 0.353 e. The number of benzene rings is 1. The molecule has 122 valence electrons. The lowest BCUT2D eigenvalue weighted by molar-refractivity contribution is -0.383. The van der Waals surface area contributed by atoms with E-state index >= 15 is 0 Å². The molecule has 0 aliphatic heterocycles. The van der Waals surface area contributed by atoms with E-state index in [1.165, 1.54) is 0 Å². The Morgan fingerprint density at radius 1 is 1.30 bits per heavy atom. The molecule has 0 saturated heterocycles. The number of anilines is 4. The molecule has 8 heteroatoms. The van der Waals surface area contributed by atoms with Crippen molar-refractivity contribution in [2.24, 2.45) is 0 Å². The molecule has 2 aromatic rings. The Hall–Kier alpha value is -2.90. The average Bonchev–Trinajstić information content (AvgIpc) is 2.48. The van der Waals surface area contributed by atoms with Crippen molar-refractivity contribution >= 4 is 29.0 Å². The van der Waals surface area contributed by atoms with Crippen LogP contribution < -0.4 is 16.4 Å². The Bertz CT molecular complexity index is 702. The molecule has 0 aliphatic rings. The quantitative estimate of drug-likeness (QED) is 0.553. The highest BCUT2D eigenvalue weighted by Crippen LogP contribution is 2.31. The van der Waals surface area contributed by atoms with Crippen molar-refractivity contribution in [3.8, 4) is 0 Å². The zero-order chi connectivity index (χ0) is 17.0. The topological polar surface area (TPSA) is 119 Å². The van der Waals surface area contributed by atoms with Gasteiger partial charge in [-0.25, -0.2) is 0 Å².